The van der Waals surface area contributed by atoms with E-state index in [1.165, 1.54) is 12.2 Å². The topological polar surface area (TPSA) is 64.6 Å². The van der Waals surface area contributed by atoms with E-state index in [-0.39, 0.29) is 18.5 Å². The largest absolute Gasteiger partial charge is 0.454 e. The molecule has 0 spiro atoms. The monoisotopic (exact) mass is 319 g/mol. The number of fused-ring (bicyclic) bond motifs is 2. The number of hydrogen-bond donors (Lipinski definition) is 1. The van der Waals surface area contributed by atoms with Crippen LogP contribution in [0.4, 0.5) is 5.69 Å². The van der Waals surface area contributed by atoms with Crippen molar-refractivity contribution < 1.29 is 19.1 Å². The van der Waals surface area contributed by atoms with E-state index >= 15 is 0 Å². The fourth-order valence-electron chi connectivity index (χ4n) is 2.67. The van der Waals surface area contributed by atoms with Crippen molar-refractivity contribution in [2.75, 3.05) is 12.1 Å². The molecule has 5 nitrogen and oxygen atoms in total. The fourth-order valence-corrected chi connectivity index (χ4v) is 2.67. The number of anilines is 1. The molecule has 118 valence electrons. The van der Waals surface area contributed by atoms with E-state index in [1.807, 2.05) is 24.3 Å². The first-order valence-corrected chi connectivity index (χ1v) is 7.45. The Morgan fingerprint density at radius 2 is 1.92 bits per heavy atom. The van der Waals surface area contributed by atoms with E-state index in [0.717, 1.165) is 16.8 Å². The third-order valence-corrected chi connectivity index (χ3v) is 3.83. The summed E-state index contributed by atoms with van der Waals surface area (Å²) in [4.78, 5) is 24.1. The highest BCUT2D eigenvalue weighted by molar-refractivity contribution is 6.34. The van der Waals surface area contributed by atoms with Crippen LogP contribution < -0.4 is 14.8 Å². The van der Waals surface area contributed by atoms with Gasteiger partial charge in [0.1, 0.15) is 0 Å². The molecule has 0 radical (unpaired) electrons. The summed E-state index contributed by atoms with van der Waals surface area (Å²) in [6, 6.07) is 12.7. The van der Waals surface area contributed by atoms with Crippen LogP contribution in [-0.2, 0) is 9.59 Å². The number of hydrogen-bond acceptors (Lipinski definition) is 4. The molecule has 0 unspecified atom stereocenters. The molecular weight excluding hydrogens is 306 g/mol. The third-order valence-electron chi connectivity index (χ3n) is 3.83. The fraction of sp³-hybridized carbons (Fsp3) is 0.0526. The van der Waals surface area contributed by atoms with Crippen LogP contribution in [0.1, 0.15) is 11.1 Å². The van der Waals surface area contributed by atoms with Crippen LogP contribution in [0.5, 0.6) is 11.5 Å². The number of para-hydroxylation sites is 1. The van der Waals surface area contributed by atoms with E-state index in [0.29, 0.717) is 17.1 Å². The summed E-state index contributed by atoms with van der Waals surface area (Å²) in [6.45, 7) is 0.210. The van der Waals surface area contributed by atoms with Crippen molar-refractivity contribution in [3.05, 3.63) is 65.7 Å². The summed E-state index contributed by atoms with van der Waals surface area (Å²) in [5, 5.41) is 2.74. The van der Waals surface area contributed by atoms with Crippen molar-refractivity contribution in [3.8, 4) is 11.5 Å². The molecule has 2 aliphatic heterocycles. The highest BCUT2D eigenvalue weighted by Gasteiger charge is 2.23. The molecule has 2 heterocycles. The van der Waals surface area contributed by atoms with Crippen LogP contribution in [-0.4, -0.2) is 18.5 Å². The molecule has 1 amide bonds. The molecule has 0 aliphatic carbocycles. The maximum Gasteiger partial charge on any atom is 0.256 e. The maximum absolute atomic E-state index is 12.2. The minimum Gasteiger partial charge on any atom is -0.454 e. The highest BCUT2D eigenvalue weighted by Crippen LogP contribution is 2.33. The first-order chi connectivity index (χ1) is 11.7. The summed E-state index contributed by atoms with van der Waals surface area (Å²) >= 11 is 0. The SMILES string of the molecule is O=C(C=Cc1ccc2c(c1)OCO2)C=C1C(=O)Nc2ccccc21. The van der Waals surface area contributed by atoms with Crippen molar-refractivity contribution in [1.82, 2.24) is 0 Å². The van der Waals surface area contributed by atoms with Crippen LogP contribution >= 0.6 is 0 Å². The number of allylic oxidation sites excluding steroid dienone is 2. The van der Waals surface area contributed by atoms with Gasteiger partial charge in [-0.1, -0.05) is 30.3 Å². The Bertz CT molecular complexity index is 911. The van der Waals surface area contributed by atoms with Gasteiger partial charge in [-0.15, -0.1) is 0 Å². The molecule has 2 aromatic carbocycles. The van der Waals surface area contributed by atoms with Gasteiger partial charge in [-0.05, 0) is 35.9 Å². The van der Waals surface area contributed by atoms with Gasteiger partial charge in [0.15, 0.2) is 17.3 Å². The lowest BCUT2D eigenvalue weighted by atomic mass is 10.1. The number of benzene rings is 2. The Kier molecular flexibility index (Phi) is 3.39. The van der Waals surface area contributed by atoms with Gasteiger partial charge in [-0.2, -0.15) is 0 Å². The first kappa shape index (κ1) is 14.3. The van der Waals surface area contributed by atoms with Crippen LogP contribution in [0.25, 0.3) is 11.6 Å². The zero-order chi connectivity index (χ0) is 16.5. The lowest BCUT2D eigenvalue weighted by Gasteiger charge is -1.97. The van der Waals surface area contributed by atoms with E-state index in [4.69, 9.17) is 9.47 Å². The molecule has 0 atom stereocenters. The summed E-state index contributed by atoms with van der Waals surface area (Å²) < 4.78 is 10.5. The Morgan fingerprint density at radius 1 is 1.08 bits per heavy atom. The maximum atomic E-state index is 12.2. The first-order valence-electron chi connectivity index (χ1n) is 7.45. The van der Waals surface area contributed by atoms with Crippen LogP contribution in [0.15, 0.2) is 54.6 Å². The Balaban J connectivity index is 1.55. The van der Waals surface area contributed by atoms with E-state index < -0.39 is 0 Å². The smallest absolute Gasteiger partial charge is 0.256 e. The lowest BCUT2D eigenvalue weighted by Crippen LogP contribution is -2.05. The zero-order valence-corrected chi connectivity index (χ0v) is 12.6. The molecule has 5 heteroatoms. The van der Waals surface area contributed by atoms with Crippen molar-refractivity contribution in [3.63, 3.8) is 0 Å². The second-order valence-electron chi connectivity index (χ2n) is 5.41. The van der Waals surface area contributed by atoms with Crippen LogP contribution in [0.2, 0.25) is 0 Å². The van der Waals surface area contributed by atoms with Gasteiger partial charge in [0.25, 0.3) is 5.91 Å². The number of carbonyl (C=O) groups is 2. The number of rotatable bonds is 3. The number of amides is 1. The molecule has 0 fully saturated rings. The number of ether oxygens (including phenoxy) is 2. The normalized spacial score (nSPS) is 16.5. The third kappa shape index (κ3) is 2.56. The van der Waals surface area contributed by atoms with Gasteiger partial charge < -0.3 is 14.8 Å². The highest BCUT2D eigenvalue weighted by atomic mass is 16.7. The van der Waals surface area contributed by atoms with E-state index in [1.54, 1.807) is 24.3 Å². The average Bonchev–Trinajstić information content (AvgIpc) is 3.17. The quantitative estimate of drug-likeness (QED) is 0.883. The predicted molar refractivity (Wildman–Crippen MR) is 89.7 cm³/mol. The molecule has 2 aromatic rings. The van der Waals surface area contributed by atoms with Crippen molar-refractivity contribution >= 4 is 29.0 Å². The van der Waals surface area contributed by atoms with Crippen LogP contribution in [0.3, 0.4) is 0 Å². The Labute approximate surface area is 138 Å². The standard InChI is InChI=1S/C19H13NO4/c21-13(7-5-12-6-8-17-18(9-12)24-11-23-17)10-15-14-3-1-2-4-16(14)20-19(15)22/h1-10H,11H2,(H,20,22). The molecular formula is C19H13NO4. The van der Waals surface area contributed by atoms with Crippen LogP contribution in [0, 0.1) is 0 Å². The molecule has 0 aromatic heterocycles. The summed E-state index contributed by atoms with van der Waals surface area (Å²) in [5.41, 5.74) is 2.67. The van der Waals surface area contributed by atoms with Gasteiger partial charge in [-0.3, -0.25) is 9.59 Å². The minimum atomic E-state index is -0.263. The van der Waals surface area contributed by atoms with E-state index in [9.17, 15) is 9.59 Å². The Morgan fingerprint density at radius 3 is 2.83 bits per heavy atom. The van der Waals surface area contributed by atoms with Gasteiger partial charge >= 0.3 is 0 Å². The number of nitrogens with one attached hydrogen (secondary N) is 1. The molecule has 0 bridgehead atoms. The van der Waals surface area contributed by atoms with Gasteiger partial charge in [0.2, 0.25) is 6.79 Å². The van der Waals surface area contributed by atoms with Gasteiger partial charge in [-0.25, -0.2) is 0 Å². The summed E-state index contributed by atoms with van der Waals surface area (Å²) in [7, 11) is 0. The van der Waals surface area contributed by atoms with Crippen molar-refractivity contribution in [2.24, 2.45) is 0 Å². The second kappa shape index (κ2) is 5.70. The lowest BCUT2D eigenvalue weighted by molar-refractivity contribution is -0.112. The van der Waals surface area contributed by atoms with E-state index in [2.05, 4.69) is 5.32 Å². The predicted octanol–water partition coefficient (Wildman–Crippen LogP) is 3.03. The molecule has 2 aliphatic rings. The average molecular weight is 319 g/mol. The Hall–Kier alpha value is -3.34. The number of carbonyl (C=O) groups excluding carboxylic acids is 2. The molecule has 0 saturated carbocycles. The zero-order valence-electron chi connectivity index (χ0n) is 12.6. The van der Waals surface area contributed by atoms with Crippen molar-refractivity contribution in [1.29, 1.82) is 0 Å². The summed E-state index contributed by atoms with van der Waals surface area (Å²) in [5.74, 6) is 0.836. The summed E-state index contributed by atoms with van der Waals surface area (Å²) in [6.07, 6.45) is 4.46. The minimum absolute atomic E-state index is 0.210. The molecule has 0 saturated heterocycles. The molecule has 1 N–H and O–H groups in total. The molecule has 4 rings (SSSR count). The molecule has 24 heavy (non-hydrogen) atoms. The van der Waals surface area contributed by atoms with Gasteiger partial charge in [0.05, 0.1) is 5.57 Å². The van der Waals surface area contributed by atoms with Gasteiger partial charge in [0, 0.05) is 11.3 Å². The van der Waals surface area contributed by atoms with Crippen molar-refractivity contribution in [2.45, 2.75) is 0 Å². The second-order valence-corrected chi connectivity index (χ2v) is 5.41. The number of ketones is 1.